The second-order valence-electron chi connectivity index (χ2n) is 6.72. The van der Waals surface area contributed by atoms with E-state index in [0.717, 1.165) is 0 Å². The first-order valence-electron chi connectivity index (χ1n) is 8.68. The standard InChI is InChI=1S/C19H20Cl2N2O4S/c1-12-10-23(11-13(2)27-12)19(24)17-5-3-4-6-18(17)22-28(25,26)16-8-14(20)7-15(21)9-16/h3-9,12-13,22H,10-11H2,1-2H3/t12-,13-/m0/s1. The maximum atomic E-state index is 13.0. The predicted octanol–water partition coefficient (Wildman–Crippen LogP) is 4.04. The highest BCUT2D eigenvalue weighted by molar-refractivity contribution is 7.92. The fourth-order valence-electron chi connectivity index (χ4n) is 3.16. The third-order valence-electron chi connectivity index (χ3n) is 4.25. The van der Waals surface area contributed by atoms with Crippen molar-refractivity contribution >= 4 is 44.8 Å². The molecule has 1 saturated heterocycles. The summed E-state index contributed by atoms with van der Waals surface area (Å²) in [6.45, 7) is 4.67. The lowest BCUT2D eigenvalue weighted by molar-refractivity contribution is -0.0585. The van der Waals surface area contributed by atoms with Crippen LogP contribution in [0, 0.1) is 0 Å². The molecule has 1 amide bonds. The van der Waals surface area contributed by atoms with E-state index in [-0.39, 0.29) is 44.3 Å². The number of carbonyl (C=O) groups excluding carboxylic acids is 1. The van der Waals surface area contributed by atoms with Crippen molar-refractivity contribution in [2.75, 3.05) is 17.8 Å². The SMILES string of the molecule is C[C@H]1CN(C(=O)c2ccccc2NS(=O)(=O)c2cc(Cl)cc(Cl)c2)C[C@H](C)O1. The third kappa shape index (κ3) is 4.78. The van der Waals surface area contributed by atoms with Gasteiger partial charge in [-0.3, -0.25) is 9.52 Å². The van der Waals surface area contributed by atoms with Crippen LogP contribution in [0.4, 0.5) is 5.69 Å². The van der Waals surface area contributed by atoms with Crippen molar-refractivity contribution < 1.29 is 17.9 Å². The number of carbonyl (C=O) groups is 1. The molecule has 150 valence electrons. The van der Waals surface area contributed by atoms with Crippen LogP contribution in [0.3, 0.4) is 0 Å². The van der Waals surface area contributed by atoms with Gasteiger partial charge in [-0.25, -0.2) is 8.42 Å². The van der Waals surface area contributed by atoms with E-state index in [2.05, 4.69) is 4.72 Å². The van der Waals surface area contributed by atoms with E-state index in [1.54, 1.807) is 29.2 Å². The van der Waals surface area contributed by atoms with Crippen LogP contribution in [0.5, 0.6) is 0 Å². The third-order valence-corrected chi connectivity index (χ3v) is 6.04. The summed E-state index contributed by atoms with van der Waals surface area (Å²) in [5.41, 5.74) is 0.455. The number of hydrogen-bond donors (Lipinski definition) is 1. The van der Waals surface area contributed by atoms with Crippen LogP contribution in [0.25, 0.3) is 0 Å². The van der Waals surface area contributed by atoms with Gasteiger partial charge in [0.25, 0.3) is 15.9 Å². The molecule has 2 atom stereocenters. The fraction of sp³-hybridized carbons (Fsp3) is 0.316. The summed E-state index contributed by atoms with van der Waals surface area (Å²) < 4.78 is 33.7. The van der Waals surface area contributed by atoms with E-state index in [0.29, 0.717) is 13.1 Å². The highest BCUT2D eigenvalue weighted by Gasteiger charge is 2.28. The molecule has 1 aliphatic rings. The van der Waals surface area contributed by atoms with E-state index in [1.807, 2.05) is 13.8 Å². The average molecular weight is 443 g/mol. The van der Waals surface area contributed by atoms with Crippen molar-refractivity contribution in [3.8, 4) is 0 Å². The molecule has 0 aliphatic carbocycles. The zero-order valence-corrected chi connectivity index (χ0v) is 17.7. The molecule has 0 spiro atoms. The lowest BCUT2D eigenvalue weighted by atomic mass is 10.1. The molecule has 1 aliphatic heterocycles. The van der Waals surface area contributed by atoms with Crippen LogP contribution in [-0.4, -0.2) is 44.5 Å². The minimum atomic E-state index is -3.98. The lowest BCUT2D eigenvalue weighted by Crippen LogP contribution is -2.48. The van der Waals surface area contributed by atoms with Crippen LogP contribution in [-0.2, 0) is 14.8 Å². The van der Waals surface area contributed by atoms with Gasteiger partial charge in [0.2, 0.25) is 0 Å². The largest absolute Gasteiger partial charge is 0.372 e. The van der Waals surface area contributed by atoms with E-state index in [4.69, 9.17) is 27.9 Å². The monoisotopic (exact) mass is 442 g/mol. The van der Waals surface area contributed by atoms with Gasteiger partial charge in [-0.2, -0.15) is 0 Å². The summed E-state index contributed by atoms with van der Waals surface area (Å²) in [7, 11) is -3.98. The highest BCUT2D eigenvalue weighted by Crippen LogP contribution is 2.26. The molecule has 2 aromatic carbocycles. The molecule has 3 rings (SSSR count). The second-order valence-corrected chi connectivity index (χ2v) is 9.28. The molecule has 1 heterocycles. The van der Waals surface area contributed by atoms with E-state index < -0.39 is 10.0 Å². The van der Waals surface area contributed by atoms with Gasteiger partial charge in [0.15, 0.2) is 0 Å². The Bertz CT molecular complexity index is 967. The van der Waals surface area contributed by atoms with Gasteiger partial charge < -0.3 is 9.64 Å². The molecule has 0 saturated carbocycles. The number of halogens is 2. The summed E-state index contributed by atoms with van der Waals surface area (Å²) in [4.78, 5) is 14.6. The van der Waals surface area contributed by atoms with Gasteiger partial charge in [0.05, 0.1) is 28.4 Å². The van der Waals surface area contributed by atoms with E-state index in [1.165, 1.54) is 18.2 Å². The first kappa shape index (κ1) is 20.9. The topological polar surface area (TPSA) is 75.7 Å². The van der Waals surface area contributed by atoms with Crippen LogP contribution in [0.1, 0.15) is 24.2 Å². The van der Waals surface area contributed by atoms with Crippen LogP contribution >= 0.6 is 23.2 Å². The molecule has 1 N–H and O–H groups in total. The molecule has 0 bridgehead atoms. The summed E-state index contributed by atoms with van der Waals surface area (Å²) in [5, 5.41) is 0.405. The molecule has 2 aromatic rings. The molecular weight excluding hydrogens is 423 g/mol. The van der Waals surface area contributed by atoms with E-state index in [9.17, 15) is 13.2 Å². The number of ether oxygens (including phenoxy) is 1. The van der Waals surface area contributed by atoms with Crippen molar-refractivity contribution in [2.45, 2.75) is 31.0 Å². The van der Waals surface area contributed by atoms with Crippen molar-refractivity contribution in [2.24, 2.45) is 0 Å². The number of benzene rings is 2. The first-order valence-corrected chi connectivity index (χ1v) is 10.9. The van der Waals surface area contributed by atoms with Crippen molar-refractivity contribution in [1.82, 2.24) is 4.90 Å². The Balaban J connectivity index is 1.91. The molecule has 0 aromatic heterocycles. The second kappa shape index (κ2) is 8.29. The van der Waals surface area contributed by atoms with Gasteiger partial charge in [0.1, 0.15) is 0 Å². The van der Waals surface area contributed by atoms with Gasteiger partial charge >= 0.3 is 0 Å². The zero-order valence-electron chi connectivity index (χ0n) is 15.4. The number of hydrogen-bond acceptors (Lipinski definition) is 4. The zero-order chi connectivity index (χ0) is 20.5. The number of morpholine rings is 1. The lowest BCUT2D eigenvalue weighted by Gasteiger charge is -2.35. The number of anilines is 1. The Morgan fingerprint density at radius 1 is 1.07 bits per heavy atom. The summed E-state index contributed by atoms with van der Waals surface area (Å²) in [5.74, 6) is -0.260. The minimum Gasteiger partial charge on any atom is -0.372 e. The molecular formula is C19H20Cl2N2O4S. The number of rotatable bonds is 4. The Morgan fingerprint density at radius 3 is 2.25 bits per heavy atom. The van der Waals surface area contributed by atoms with Gasteiger partial charge in [0, 0.05) is 23.1 Å². The average Bonchev–Trinajstić information content (AvgIpc) is 2.59. The predicted molar refractivity (Wildman–Crippen MR) is 110 cm³/mol. The highest BCUT2D eigenvalue weighted by atomic mass is 35.5. The summed E-state index contributed by atoms with van der Waals surface area (Å²) >= 11 is 11.8. The fourth-order valence-corrected chi connectivity index (χ4v) is 4.97. The number of nitrogens with one attached hydrogen (secondary N) is 1. The van der Waals surface area contributed by atoms with Crippen LogP contribution in [0.2, 0.25) is 10.0 Å². The van der Waals surface area contributed by atoms with Gasteiger partial charge in [-0.05, 0) is 44.2 Å². The first-order chi connectivity index (χ1) is 13.2. The molecule has 0 radical (unpaired) electrons. The number of amides is 1. The van der Waals surface area contributed by atoms with Crippen molar-refractivity contribution in [3.05, 3.63) is 58.1 Å². The van der Waals surface area contributed by atoms with Crippen LogP contribution < -0.4 is 4.72 Å². The minimum absolute atomic E-state index is 0.0825. The Hall–Kier alpha value is -1.80. The Labute approximate surface area is 174 Å². The van der Waals surface area contributed by atoms with Gasteiger partial charge in [-0.1, -0.05) is 35.3 Å². The summed E-state index contributed by atoms with van der Waals surface area (Å²) in [6, 6.07) is 10.5. The molecule has 9 heteroatoms. The number of para-hydroxylation sites is 1. The number of sulfonamides is 1. The summed E-state index contributed by atoms with van der Waals surface area (Å²) in [6.07, 6.45) is -0.185. The quantitative estimate of drug-likeness (QED) is 0.774. The molecule has 1 fully saturated rings. The Morgan fingerprint density at radius 2 is 1.64 bits per heavy atom. The van der Waals surface area contributed by atoms with Crippen LogP contribution in [0.15, 0.2) is 47.4 Å². The number of nitrogens with zero attached hydrogens (tertiary/aromatic N) is 1. The Kier molecular flexibility index (Phi) is 6.19. The van der Waals surface area contributed by atoms with E-state index >= 15 is 0 Å². The normalized spacial score (nSPS) is 20.1. The maximum Gasteiger partial charge on any atom is 0.262 e. The maximum absolute atomic E-state index is 13.0. The van der Waals surface area contributed by atoms with Gasteiger partial charge in [-0.15, -0.1) is 0 Å². The van der Waals surface area contributed by atoms with Crippen molar-refractivity contribution in [1.29, 1.82) is 0 Å². The molecule has 0 unspecified atom stereocenters. The van der Waals surface area contributed by atoms with Crippen molar-refractivity contribution in [3.63, 3.8) is 0 Å². The smallest absolute Gasteiger partial charge is 0.262 e. The molecule has 28 heavy (non-hydrogen) atoms. The molecule has 6 nitrogen and oxygen atoms in total.